The second kappa shape index (κ2) is 10.8. The normalized spacial score (nSPS) is 10.8. The number of benzene rings is 6. The lowest BCUT2D eigenvalue weighted by atomic mass is 9.77. The van der Waals surface area contributed by atoms with Gasteiger partial charge < -0.3 is 4.90 Å². The third-order valence-corrected chi connectivity index (χ3v) is 7.23. The summed E-state index contributed by atoms with van der Waals surface area (Å²) in [6, 6.07) is 54.3. The highest BCUT2D eigenvalue weighted by molar-refractivity contribution is 6.14. The van der Waals surface area contributed by atoms with Crippen LogP contribution in [0.15, 0.2) is 152 Å². The van der Waals surface area contributed by atoms with E-state index in [1.54, 1.807) is 0 Å². The van der Waals surface area contributed by atoms with E-state index in [4.69, 9.17) is 0 Å². The minimum atomic E-state index is 1.20. The molecule has 6 aromatic carbocycles. The monoisotopic (exact) mass is 501 g/mol. The molecule has 188 valence electrons. The largest absolute Gasteiger partial charge is 0.377 e. The topological polar surface area (TPSA) is 3.24 Å². The van der Waals surface area contributed by atoms with Crippen LogP contribution >= 0.6 is 0 Å². The molecule has 0 aromatic heterocycles. The number of rotatable bonds is 6. The van der Waals surface area contributed by atoms with E-state index in [0.29, 0.717) is 0 Å². The quantitative estimate of drug-likeness (QED) is 0.219. The van der Waals surface area contributed by atoms with Crippen LogP contribution in [0.25, 0.3) is 55.6 Å². The molecule has 0 N–H and O–H groups in total. The second-order valence-corrected chi connectivity index (χ2v) is 9.95. The fourth-order valence-corrected chi connectivity index (χ4v) is 5.64. The van der Waals surface area contributed by atoms with Gasteiger partial charge in [-0.15, -0.1) is 0 Å². The molecule has 0 unspecified atom stereocenters. The molecule has 0 spiro atoms. The van der Waals surface area contributed by atoms with Crippen molar-refractivity contribution in [2.75, 3.05) is 19.0 Å². The van der Waals surface area contributed by atoms with Crippen LogP contribution < -0.4 is 4.90 Å². The van der Waals surface area contributed by atoms with Gasteiger partial charge in [-0.05, 0) is 33.4 Å². The zero-order valence-electron chi connectivity index (χ0n) is 22.4. The van der Waals surface area contributed by atoms with E-state index in [1.807, 2.05) is 0 Å². The summed E-state index contributed by atoms with van der Waals surface area (Å²) in [5, 5.41) is 0. The van der Waals surface area contributed by atoms with Crippen LogP contribution in [0.1, 0.15) is 0 Å². The van der Waals surface area contributed by atoms with Gasteiger partial charge in [0.2, 0.25) is 0 Å². The first-order chi connectivity index (χ1) is 19.2. The maximum Gasteiger partial charge on any atom is 0.0533 e. The predicted octanol–water partition coefficient (Wildman–Crippen LogP) is 10.1. The molecule has 0 saturated heterocycles. The van der Waals surface area contributed by atoms with Gasteiger partial charge in [0, 0.05) is 36.3 Å². The highest BCUT2D eigenvalue weighted by Crippen LogP contribution is 2.55. The lowest BCUT2D eigenvalue weighted by Gasteiger charge is -2.31. The molecule has 0 amide bonds. The van der Waals surface area contributed by atoms with Crippen molar-refractivity contribution in [2.45, 2.75) is 0 Å². The molecule has 0 fully saturated rings. The predicted molar refractivity (Wildman–Crippen MR) is 168 cm³/mol. The van der Waals surface area contributed by atoms with Gasteiger partial charge in [0.1, 0.15) is 0 Å². The average Bonchev–Trinajstić information content (AvgIpc) is 3.01. The third-order valence-electron chi connectivity index (χ3n) is 7.23. The smallest absolute Gasteiger partial charge is 0.0533 e. The maximum atomic E-state index is 2.29. The van der Waals surface area contributed by atoms with Gasteiger partial charge in [0.15, 0.2) is 0 Å². The molecule has 0 saturated carbocycles. The van der Waals surface area contributed by atoms with Crippen molar-refractivity contribution in [3.8, 4) is 55.6 Å². The Balaban J connectivity index is 1.94. The summed E-state index contributed by atoms with van der Waals surface area (Å²) in [5.41, 5.74) is 13.4. The van der Waals surface area contributed by atoms with Gasteiger partial charge in [0.25, 0.3) is 0 Å². The van der Waals surface area contributed by atoms with Gasteiger partial charge in [-0.3, -0.25) is 0 Å². The van der Waals surface area contributed by atoms with Gasteiger partial charge in [-0.2, -0.15) is 0 Å². The standard InChI is InChI=1S/C38H31N/c1-39(2)38-36(31-24-14-6-15-25-31)34(29-20-10-4-11-21-29)33(28-18-8-3-9-19-28)35(30-22-12-5-13-23-30)37(38)32-26-16-7-17-27-32/h3-27H,1-2H3. The minimum Gasteiger partial charge on any atom is -0.377 e. The average molecular weight is 502 g/mol. The van der Waals surface area contributed by atoms with Crippen molar-refractivity contribution in [2.24, 2.45) is 0 Å². The summed E-state index contributed by atoms with van der Waals surface area (Å²) in [6.45, 7) is 0. The van der Waals surface area contributed by atoms with Crippen molar-refractivity contribution in [3.63, 3.8) is 0 Å². The van der Waals surface area contributed by atoms with Crippen molar-refractivity contribution >= 4 is 5.69 Å². The van der Waals surface area contributed by atoms with E-state index >= 15 is 0 Å². The molecule has 0 bridgehead atoms. The van der Waals surface area contributed by atoms with E-state index in [9.17, 15) is 0 Å². The molecule has 0 atom stereocenters. The summed E-state index contributed by atoms with van der Waals surface area (Å²) in [4.78, 5) is 2.29. The molecule has 6 rings (SSSR count). The molecular weight excluding hydrogens is 470 g/mol. The van der Waals surface area contributed by atoms with E-state index in [1.165, 1.54) is 61.3 Å². The fourth-order valence-electron chi connectivity index (χ4n) is 5.64. The number of anilines is 1. The van der Waals surface area contributed by atoms with Crippen LogP contribution in [0, 0.1) is 0 Å². The Hall–Kier alpha value is -4.88. The van der Waals surface area contributed by atoms with Gasteiger partial charge >= 0.3 is 0 Å². The molecule has 1 heteroatoms. The molecule has 0 aliphatic rings. The molecule has 39 heavy (non-hydrogen) atoms. The minimum absolute atomic E-state index is 1.20. The van der Waals surface area contributed by atoms with Crippen molar-refractivity contribution in [3.05, 3.63) is 152 Å². The molecule has 0 heterocycles. The molecule has 0 radical (unpaired) electrons. The van der Waals surface area contributed by atoms with Gasteiger partial charge in [-0.1, -0.05) is 152 Å². The first kappa shape index (κ1) is 24.5. The number of nitrogens with zero attached hydrogens (tertiary/aromatic N) is 1. The maximum absolute atomic E-state index is 2.29. The van der Waals surface area contributed by atoms with Crippen molar-refractivity contribution in [1.29, 1.82) is 0 Å². The Bertz CT molecular complexity index is 1570. The lowest BCUT2D eigenvalue weighted by molar-refractivity contribution is 1.14. The van der Waals surface area contributed by atoms with Crippen LogP contribution in [-0.4, -0.2) is 14.1 Å². The Morgan fingerprint density at radius 2 is 0.487 bits per heavy atom. The van der Waals surface area contributed by atoms with Crippen LogP contribution in [0.5, 0.6) is 0 Å². The van der Waals surface area contributed by atoms with Crippen LogP contribution in [0.2, 0.25) is 0 Å². The van der Waals surface area contributed by atoms with E-state index in [2.05, 4.69) is 171 Å². The highest BCUT2D eigenvalue weighted by atomic mass is 15.1. The van der Waals surface area contributed by atoms with Gasteiger partial charge in [0.05, 0.1) is 5.69 Å². The summed E-state index contributed by atoms with van der Waals surface area (Å²) in [7, 11) is 4.33. The zero-order chi connectivity index (χ0) is 26.6. The lowest BCUT2D eigenvalue weighted by Crippen LogP contribution is -2.14. The molecule has 1 nitrogen and oxygen atoms in total. The van der Waals surface area contributed by atoms with Crippen LogP contribution in [-0.2, 0) is 0 Å². The molecule has 0 aliphatic carbocycles. The van der Waals surface area contributed by atoms with E-state index in [-0.39, 0.29) is 0 Å². The van der Waals surface area contributed by atoms with Gasteiger partial charge in [-0.25, -0.2) is 0 Å². The van der Waals surface area contributed by atoms with Crippen LogP contribution in [0.3, 0.4) is 0 Å². The molecule has 0 aliphatic heterocycles. The molecular formula is C38H31N. The first-order valence-corrected chi connectivity index (χ1v) is 13.4. The number of hydrogen-bond donors (Lipinski definition) is 0. The van der Waals surface area contributed by atoms with Crippen molar-refractivity contribution in [1.82, 2.24) is 0 Å². The summed E-state index contributed by atoms with van der Waals surface area (Å²) >= 11 is 0. The van der Waals surface area contributed by atoms with E-state index in [0.717, 1.165) is 0 Å². The zero-order valence-corrected chi connectivity index (χ0v) is 22.4. The Morgan fingerprint density at radius 3 is 0.718 bits per heavy atom. The summed E-state index contributed by atoms with van der Waals surface area (Å²) in [5.74, 6) is 0. The third kappa shape index (κ3) is 4.64. The Morgan fingerprint density at radius 1 is 0.282 bits per heavy atom. The number of hydrogen-bond acceptors (Lipinski definition) is 1. The highest BCUT2D eigenvalue weighted by Gasteiger charge is 2.28. The Labute approximate surface area is 231 Å². The van der Waals surface area contributed by atoms with Crippen LogP contribution in [0.4, 0.5) is 5.69 Å². The fraction of sp³-hybridized carbons (Fsp3) is 0.0526. The summed E-state index contributed by atoms with van der Waals surface area (Å²) < 4.78 is 0. The first-order valence-electron chi connectivity index (χ1n) is 13.4. The summed E-state index contributed by atoms with van der Waals surface area (Å²) in [6.07, 6.45) is 0. The van der Waals surface area contributed by atoms with E-state index < -0.39 is 0 Å². The SMILES string of the molecule is CN(C)c1c(-c2ccccc2)c(-c2ccccc2)c(-c2ccccc2)c(-c2ccccc2)c1-c1ccccc1. The Kier molecular flexibility index (Phi) is 6.80. The molecule has 6 aromatic rings. The second-order valence-electron chi connectivity index (χ2n) is 9.95. The van der Waals surface area contributed by atoms with Crippen molar-refractivity contribution < 1.29 is 0 Å².